The molecular formula is C9H14N2O2S. The van der Waals surface area contributed by atoms with Crippen LogP contribution in [0.1, 0.15) is 0 Å². The summed E-state index contributed by atoms with van der Waals surface area (Å²) in [6, 6.07) is 3.56. The molecule has 0 aliphatic carbocycles. The van der Waals surface area contributed by atoms with Crippen molar-refractivity contribution < 1.29 is 9.47 Å². The molecule has 0 spiro atoms. The third-order valence-corrected chi connectivity index (χ3v) is 2.59. The molecule has 78 valence electrons. The quantitative estimate of drug-likeness (QED) is 0.449. The van der Waals surface area contributed by atoms with Crippen molar-refractivity contribution in [2.24, 2.45) is 5.73 Å². The van der Waals surface area contributed by atoms with Gasteiger partial charge in [0.05, 0.1) is 14.2 Å². The normalized spacial score (nSPS) is 9.93. The molecule has 0 fully saturated rings. The molecule has 0 amide bonds. The molecule has 4 nitrogen and oxygen atoms in total. The molecule has 0 atom stereocenters. The van der Waals surface area contributed by atoms with Crippen molar-refractivity contribution >= 4 is 17.4 Å². The number of nitrogens with two attached hydrogens (primary N) is 2. The predicted octanol–water partition coefficient (Wildman–Crippen LogP) is 1.29. The molecule has 0 radical (unpaired) electrons. The van der Waals surface area contributed by atoms with Crippen LogP contribution in [0.25, 0.3) is 0 Å². The van der Waals surface area contributed by atoms with Crippen LogP contribution in [0.15, 0.2) is 17.0 Å². The molecule has 5 heteroatoms. The molecule has 0 aliphatic rings. The van der Waals surface area contributed by atoms with Crippen LogP contribution in [0, 0.1) is 0 Å². The Morgan fingerprint density at radius 1 is 1.21 bits per heavy atom. The van der Waals surface area contributed by atoms with E-state index in [2.05, 4.69) is 0 Å². The van der Waals surface area contributed by atoms with E-state index in [1.165, 1.54) is 11.8 Å². The van der Waals surface area contributed by atoms with E-state index in [0.29, 0.717) is 23.1 Å². The molecule has 0 aromatic heterocycles. The van der Waals surface area contributed by atoms with E-state index in [9.17, 15) is 0 Å². The highest BCUT2D eigenvalue weighted by Crippen LogP contribution is 2.36. The summed E-state index contributed by atoms with van der Waals surface area (Å²) in [4.78, 5) is 0.908. The summed E-state index contributed by atoms with van der Waals surface area (Å²) in [7, 11) is 3.16. The van der Waals surface area contributed by atoms with Crippen LogP contribution in [-0.2, 0) is 0 Å². The van der Waals surface area contributed by atoms with E-state index in [1.807, 2.05) is 6.07 Å². The SMILES string of the molecule is COc1cc(N)c(SCN)cc1OC. The van der Waals surface area contributed by atoms with Crippen molar-refractivity contribution in [2.75, 3.05) is 25.8 Å². The van der Waals surface area contributed by atoms with E-state index >= 15 is 0 Å². The number of ether oxygens (including phenoxy) is 2. The van der Waals surface area contributed by atoms with Crippen LogP contribution in [-0.4, -0.2) is 20.1 Å². The topological polar surface area (TPSA) is 70.5 Å². The van der Waals surface area contributed by atoms with Crippen molar-refractivity contribution in [3.05, 3.63) is 12.1 Å². The van der Waals surface area contributed by atoms with Gasteiger partial charge >= 0.3 is 0 Å². The van der Waals surface area contributed by atoms with E-state index in [1.54, 1.807) is 20.3 Å². The predicted molar refractivity (Wildman–Crippen MR) is 58.9 cm³/mol. The number of hydrogen-bond acceptors (Lipinski definition) is 5. The molecule has 0 aliphatic heterocycles. The average molecular weight is 214 g/mol. The van der Waals surface area contributed by atoms with E-state index in [-0.39, 0.29) is 0 Å². The summed E-state index contributed by atoms with van der Waals surface area (Å²) in [6.07, 6.45) is 0. The van der Waals surface area contributed by atoms with Crippen LogP contribution in [0.2, 0.25) is 0 Å². The van der Waals surface area contributed by atoms with Gasteiger partial charge in [0.1, 0.15) is 0 Å². The smallest absolute Gasteiger partial charge is 0.162 e. The molecule has 0 unspecified atom stereocenters. The Morgan fingerprint density at radius 2 is 1.79 bits per heavy atom. The van der Waals surface area contributed by atoms with Crippen molar-refractivity contribution in [3.8, 4) is 11.5 Å². The van der Waals surface area contributed by atoms with Gasteiger partial charge in [0, 0.05) is 22.5 Å². The third kappa shape index (κ3) is 2.24. The van der Waals surface area contributed by atoms with Crippen LogP contribution in [0.4, 0.5) is 5.69 Å². The Kier molecular flexibility index (Phi) is 3.91. The van der Waals surface area contributed by atoms with Crippen LogP contribution in [0.3, 0.4) is 0 Å². The standard InChI is InChI=1S/C9H14N2O2S/c1-12-7-3-6(11)9(14-5-10)4-8(7)13-2/h3-4H,5,10-11H2,1-2H3. The minimum Gasteiger partial charge on any atom is -0.493 e. The van der Waals surface area contributed by atoms with Gasteiger partial charge in [-0.3, -0.25) is 0 Å². The lowest BCUT2D eigenvalue weighted by Crippen LogP contribution is -1.98. The number of methoxy groups -OCH3 is 2. The minimum absolute atomic E-state index is 0.486. The molecule has 1 aromatic carbocycles. The maximum Gasteiger partial charge on any atom is 0.162 e. The van der Waals surface area contributed by atoms with Crippen LogP contribution < -0.4 is 20.9 Å². The summed E-state index contributed by atoms with van der Waals surface area (Å²) in [5.74, 6) is 1.78. The van der Waals surface area contributed by atoms with Gasteiger partial charge in [0.15, 0.2) is 11.5 Å². The Balaban J connectivity index is 3.09. The summed E-state index contributed by atoms with van der Waals surface area (Å²) in [5.41, 5.74) is 11.9. The fraction of sp³-hybridized carbons (Fsp3) is 0.333. The first-order valence-electron chi connectivity index (χ1n) is 4.07. The summed E-state index contributed by atoms with van der Waals surface area (Å²) in [6.45, 7) is 0. The van der Waals surface area contributed by atoms with Gasteiger partial charge in [0.2, 0.25) is 0 Å². The Labute approximate surface area is 87.6 Å². The molecule has 1 aromatic rings. The van der Waals surface area contributed by atoms with Gasteiger partial charge < -0.3 is 20.9 Å². The van der Waals surface area contributed by atoms with Crippen LogP contribution in [0.5, 0.6) is 11.5 Å². The highest BCUT2D eigenvalue weighted by molar-refractivity contribution is 7.99. The third-order valence-electron chi connectivity index (χ3n) is 1.75. The first-order chi connectivity index (χ1) is 6.72. The first-order valence-corrected chi connectivity index (χ1v) is 5.05. The highest BCUT2D eigenvalue weighted by atomic mass is 32.2. The van der Waals surface area contributed by atoms with Gasteiger partial charge in [0.25, 0.3) is 0 Å². The fourth-order valence-electron chi connectivity index (χ4n) is 1.09. The van der Waals surface area contributed by atoms with E-state index in [0.717, 1.165) is 4.90 Å². The molecule has 4 N–H and O–H groups in total. The average Bonchev–Trinajstić information content (AvgIpc) is 2.20. The van der Waals surface area contributed by atoms with Gasteiger partial charge in [-0.05, 0) is 6.07 Å². The van der Waals surface area contributed by atoms with Gasteiger partial charge in [-0.15, -0.1) is 11.8 Å². The van der Waals surface area contributed by atoms with Crippen molar-refractivity contribution in [2.45, 2.75) is 4.90 Å². The zero-order valence-electron chi connectivity index (χ0n) is 8.24. The van der Waals surface area contributed by atoms with Gasteiger partial charge in [-0.2, -0.15) is 0 Å². The van der Waals surface area contributed by atoms with Gasteiger partial charge in [-0.1, -0.05) is 0 Å². The number of rotatable bonds is 4. The molecule has 0 saturated heterocycles. The van der Waals surface area contributed by atoms with Crippen LogP contribution >= 0.6 is 11.8 Å². The molecular weight excluding hydrogens is 200 g/mol. The van der Waals surface area contributed by atoms with E-state index in [4.69, 9.17) is 20.9 Å². The lowest BCUT2D eigenvalue weighted by atomic mass is 10.3. The molecule has 14 heavy (non-hydrogen) atoms. The maximum atomic E-state index is 5.79. The second-order valence-electron chi connectivity index (χ2n) is 2.56. The summed E-state index contributed by atoms with van der Waals surface area (Å²) in [5, 5.41) is 0. The second-order valence-corrected chi connectivity index (χ2v) is 3.62. The first kappa shape index (κ1) is 11.0. The van der Waals surface area contributed by atoms with Crippen molar-refractivity contribution in [1.29, 1.82) is 0 Å². The van der Waals surface area contributed by atoms with Gasteiger partial charge in [-0.25, -0.2) is 0 Å². The minimum atomic E-state index is 0.486. The fourth-order valence-corrected chi connectivity index (χ4v) is 1.69. The molecule has 0 saturated carbocycles. The van der Waals surface area contributed by atoms with Crippen molar-refractivity contribution in [1.82, 2.24) is 0 Å². The molecule has 1 rings (SSSR count). The second kappa shape index (κ2) is 4.97. The maximum absolute atomic E-state index is 5.79. The molecule has 0 heterocycles. The monoisotopic (exact) mass is 214 g/mol. The lowest BCUT2D eigenvalue weighted by molar-refractivity contribution is 0.354. The Bertz CT molecular complexity index is 318. The Morgan fingerprint density at radius 3 is 2.29 bits per heavy atom. The van der Waals surface area contributed by atoms with E-state index < -0.39 is 0 Å². The number of nitrogen functional groups attached to an aromatic ring is 1. The lowest BCUT2D eigenvalue weighted by Gasteiger charge is -2.11. The highest BCUT2D eigenvalue weighted by Gasteiger charge is 2.08. The number of anilines is 1. The number of thioether (sulfide) groups is 1. The zero-order valence-corrected chi connectivity index (χ0v) is 9.06. The molecule has 0 bridgehead atoms. The summed E-state index contributed by atoms with van der Waals surface area (Å²) < 4.78 is 10.2. The number of benzene rings is 1. The summed E-state index contributed by atoms with van der Waals surface area (Å²) >= 11 is 1.47. The zero-order chi connectivity index (χ0) is 10.6. The Hall–Kier alpha value is -1.07. The van der Waals surface area contributed by atoms with Crippen molar-refractivity contribution in [3.63, 3.8) is 0 Å². The largest absolute Gasteiger partial charge is 0.493 e. The number of hydrogen-bond donors (Lipinski definition) is 2.